The molecule has 20 heavy (non-hydrogen) atoms. The van der Waals surface area contributed by atoms with Crippen LogP contribution in [0.4, 0.5) is 0 Å². The Bertz CT molecular complexity index is 424. The minimum absolute atomic E-state index is 0.232. The van der Waals surface area contributed by atoms with Gasteiger partial charge >= 0.3 is 0 Å². The molecular weight excluding hydrogens is 276 g/mol. The summed E-state index contributed by atoms with van der Waals surface area (Å²) in [7, 11) is -2.86. The Hall–Kier alpha value is -0.620. The number of rotatable bonds is 6. The molecule has 0 bridgehead atoms. The average molecular weight is 302 g/mol. The van der Waals surface area contributed by atoms with E-state index in [9.17, 15) is 13.2 Å². The summed E-state index contributed by atoms with van der Waals surface area (Å²) in [5.74, 6) is 1.30. The Morgan fingerprint density at radius 2 is 1.85 bits per heavy atom. The largest absolute Gasteiger partial charge is 0.356 e. The van der Waals surface area contributed by atoms with Crippen LogP contribution in [0.15, 0.2) is 0 Å². The molecular formula is C14H26N2O3S. The third kappa shape index (κ3) is 5.05. The Kier molecular flexibility index (Phi) is 5.43. The van der Waals surface area contributed by atoms with Gasteiger partial charge < -0.3 is 10.2 Å². The molecule has 0 atom stereocenters. The van der Waals surface area contributed by atoms with Crippen LogP contribution < -0.4 is 5.32 Å². The van der Waals surface area contributed by atoms with E-state index in [2.05, 4.69) is 10.2 Å². The average Bonchev–Trinajstić information content (AvgIpc) is 2.32. The van der Waals surface area contributed by atoms with E-state index in [1.165, 1.54) is 12.7 Å². The number of carbonyl (C=O) groups is 1. The molecule has 0 radical (unpaired) electrons. The highest BCUT2D eigenvalue weighted by molar-refractivity contribution is 7.90. The molecule has 1 aliphatic heterocycles. The van der Waals surface area contributed by atoms with Gasteiger partial charge in [0.25, 0.3) is 0 Å². The van der Waals surface area contributed by atoms with E-state index >= 15 is 0 Å². The van der Waals surface area contributed by atoms with E-state index < -0.39 is 9.84 Å². The third-order valence-electron chi connectivity index (χ3n) is 4.53. The van der Waals surface area contributed by atoms with Crippen molar-refractivity contribution < 1.29 is 13.2 Å². The summed E-state index contributed by atoms with van der Waals surface area (Å²) in [5.41, 5.74) is 0. The van der Waals surface area contributed by atoms with Gasteiger partial charge in [0.1, 0.15) is 9.84 Å². The van der Waals surface area contributed by atoms with Crippen LogP contribution in [-0.4, -0.2) is 57.4 Å². The van der Waals surface area contributed by atoms with E-state index in [1.54, 1.807) is 0 Å². The van der Waals surface area contributed by atoms with Crippen LogP contribution in [0.25, 0.3) is 0 Å². The predicted octanol–water partition coefficient (Wildman–Crippen LogP) is 0.659. The molecule has 5 nitrogen and oxygen atoms in total. The van der Waals surface area contributed by atoms with Gasteiger partial charge in [-0.25, -0.2) is 8.42 Å². The molecule has 0 aromatic carbocycles. The molecule has 0 aromatic rings. The zero-order valence-electron chi connectivity index (χ0n) is 12.3. The first-order chi connectivity index (χ1) is 9.44. The summed E-state index contributed by atoms with van der Waals surface area (Å²) in [6.45, 7) is 3.31. The van der Waals surface area contributed by atoms with Gasteiger partial charge in [-0.1, -0.05) is 6.42 Å². The normalized spacial score (nSPS) is 22.4. The van der Waals surface area contributed by atoms with Crippen molar-refractivity contribution >= 4 is 15.7 Å². The van der Waals surface area contributed by atoms with Crippen LogP contribution >= 0.6 is 0 Å². The van der Waals surface area contributed by atoms with Crippen molar-refractivity contribution in [1.29, 1.82) is 0 Å². The van der Waals surface area contributed by atoms with Gasteiger partial charge in [-0.05, 0) is 44.7 Å². The van der Waals surface area contributed by atoms with Gasteiger partial charge in [0, 0.05) is 25.3 Å². The van der Waals surface area contributed by atoms with Gasteiger partial charge in [0.05, 0.1) is 5.75 Å². The number of hydrogen-bond donors (Lipinski definition) is 1. The van der Waals surface area contributed by atoms with Crippen molar-refractivity contribution in [2.45, 2.75) is 32.1 Å². The van der Waals surface area contributed by atoms with Crippen LogP contribution in [0.2, 0.25) is 0 Å². The van der Waals surface area contributed by atoms with Crippen molar-refractivity contribution in [3.8, 4) is 0 Å². The Morgan fingerprint density at radius 3 is 2.35 bits per heavy atom. The molecule has 1 N–H and O–H groups in total. The Labute approximate surface area is 122 Å². The Balaban J connectivity index is 1.60. The van der Waals surface area contributed by atoms with Crippen molar-refractivity contribution in [2.75, 3.05) is 38.2 Å². The Morgan fingerprint density at radius 1 is 1.20 bits per heavy atom. The zero-order valence-corrected chi connectivity index (χ0v) is 13.1. The highest BCUT2D eigenvalue weighted by Crippen LogP contribution is 2.26. The summed E-state index contributed by atoms with van der Waals surface area (Å²) in [5, 5.41) is 3.07. The quantitative estimate of drug-likeness (QED) is 0.783. The van der Waals surface area contributed by atoms with E-state index in [4.69, 9.17) is 0 Å². The minimum atomic E-state index is -2.86. The molecule has 2 fully saturated rings. The van der Waals surface area contributed by atoms with E-state index in [-0.39, 0.29) is 17.6 Å². The number of hydrogen-bond acceptors (Lipinski definition) is 4. The van der Waals surface area contributed by atoms with Crippen molar-refractivity contribution in [1.82, 2.24) is 10.2 Å². The fourth-order valence-electron chi connectivity index (χ4n) is 2.77. The molecule has 0 aromatic heterocycles. The second-order valence-corrected chi connectivity index (χ2v) is 8.55. The van der Waals surface area contributed by atoms with Gasteiger partial charge in [-0.15, -0.1) is 0 Å². The molecule has 1 saturated carbocycles. The number of carbonyl (C=O) groups excluding carboxylic acids is 1. The van der Waals surface area contributed by atoms with Crippen molar-refractivity contribution in [3.05, 3.63) is 0 Å². The molecule has 6 heteroatoms. The highest BCUT2D eigenvalue weighted by Gasteiger charge is 2.26. The minimum Gasteiger partial charge on any atom is -0.356 e. The molecule has 0 unspecified atom stereocenters. The lowest BCUT2D eigenvalue weighted by atomic mass is 9.84. The van der Waals surface area contributed by atoms with Crippen molar-refractivity contribution in [2.24, 2.45) is 11.8 Å². The first kappa shape index (κ1) is 15.8. The molecule has 0 spiro atoms. The number of sulfone groups is 1. The lowest BCUT2D eigenvalue weighted by Gasteiger charge is -2.32. The fourth-order valence-corrected chi connectivity index (χ4v) is 3.36. The van der Waals surface area contributed by atoms with Crippen LogP contribution in [0, 0.1) is 11.8 Å². The smallest absolute Gasteiger partial charge is 0.223 e. The lowest BCUT2D eigenvalue weighted by Crippen LogP contribution is -2.42. The van der Waals surface area contributed by atoms with Gasteiger partial charge in [0.15, 0.2) is 0 Å². The van der Waals surface area contributed by atoms with Crippen LogP contribution in [-0.2, 0) is 14.6 Å². The fraction of sp³-hybridized carbons (Fsp3) is 0.929. The summed E-state index contributed by atoms with van der Waals surface area (Å²) < 4.78 is 22.3. The maximum absolute atomic E-state index is 11.8. The number of piperidine rings is 1. The lowest BCUT2D eigenvalue weighted by molar-refractivity contribution is -0.127. The number of amides is 1. The maximum atomic E-state index is 11.8. The molecule has 1 saturated heterocycles. The summed E-state index contributed by atoms with van der Waals surface area (Å²) >= 11 is 0. The molecule has 1 amide bonds. The molecule has 116 valence electrons. The summed E-state index contributed by atoms with van der Waals surface area (Å²) in [6.07, 6.45) is 6.68. The molecule has 1 aliphatic carbocycles. The van der Waals surface area contributed by atoms with Gasteiger partial charge in [-0.3, -0.25) is 4.79 Å². The molecule has 1 heterocycles. The van der Waals surface area contributed by atoms with Crippen LogP contribution in [0.5, 0.6) is 0 Å². The second kappa shape index (κ2) is 6.89. The number of likely N-dealkylation sites (tertiary alicyclic amines) is 1. The topological polar surface area (TPSA) is 66.5 Å². The number of nitrogens with zero attached hydrogens (tertiary/aromatic N) is 1. The van der Waals surface area contributed by atoms with E-state index in [1.807, 2.05) is 0 Å². The molecule has 2 aliphatic rings. The maximum Gasteiger partial charge on any atom is 0.223 e. The number of nitrogens with one attached hydrogen (secondary N) is 1. The predicted molar refractivity (Wildman–Crippen MR) is 79.2 cm³/mol. The monoisotopic (exact) mass is 302 g/mol. The van der Waals surface area contributed by atoms with Crippen molar-refractivity contribution in [3.63, 3.8) is 0 Å². The summed E-state index contributed by atoms with van der Waals surface area (Å²) in [4.78, 5) is 14.0. The van der Waals surface area contributed by atoms with Gasteiger partial charge in [0.2, 0.25) is 5.91 Å². The first-order valence-corrected chi connectivity index (χ1v) is 9.68. The van der Waals surface area contributed by atoms with E-state index in [0.29, 0.717) is 12.5 Å². The van der Waals surface area contributed by atoms with Crippen LogP contribution in [0.3, 0.4) is 0 Å². The standard InChI is InChI=1S/C14H26N2O3S/c1-20(18,19)10-9-16-7-5-12(6-8-16)11-15-14(17)13-3-2-4-13/h12-13H,2-11H2,1H3,(H,15,17). The van der Waals surface area contributed by atoms with Crippen LogP contribution in [0.1, 0.15) is 32.1 Å². The van der Waals surface area contributed by atoms with E-state index in [0.717, 1.165) is 45.3 Å². The molecule has 2 rings (SSSR count). The first-order valence-electron chi connectivity index (χ1n) is 7.62. The zero-order chi connectivity index (χ0) is 14.6. The second-order valence-electron chi connectivity index (χ2n) is 6.29. The van der Waals surface area contributed by atoms with Gasteiger partial charge in [-0.2, -0.15) is 0 Å². The third-order valence-corrected chi connectivity index (χ3v) is 5.45. The SMILES string of the molecule is CS(=O)(=O)CCN1CCC(CNC(=O)C2CCC2)CC1. The highest BCUT2D eigenvalue weighted by atomic mass is 32.2. The summed E-state index contributed by atoms with van der Waals surface area (Å²) in [6, 6.07) is 0.